The molecule has 0 radical (unpaired) electrons. The highest BCUT2D eigenvalue weighted by Crippen LogP contribution is 2.32. The molecular formula is C27H35N3O2. The van der Waals surface area contributed by atoms with E-state index in [0.29, 0.717) is 18.6 Å². The Bertz CT molecular complexity index is 1030. The van der Waals surface area contributed by atoms with E-state index in [1.54, 1.807) is 7.11 Å². The van der Waals surface area contributed by atoms with Gasteiger partial charge in [-0.25, -0.2) is 0 Å². The van der Waals surface area contributed by atoms with E-state index in [1.807, 2.05) is 25.1 Å². The van der Waals surface area contributed by atoms with Crippen molar-refractivity contribution >= 4 is 16.8 Å². The number of hydrogen-bond acceptors (Lipinski definition) is 3. The zero-order valence-electron chi connectivity index (χ0n) is 19.6. The van der Waals surface area contributed by atoms with E-state index in [2.05, 4.69) is 65.6 Å². The van der Waals surface area contributed by atoms with Crippen LogP contribution >= 0.6 is 0 Å². The molecule has 1 amide bonds. The van der Waals surface area contributed by atoms with Gasteiger partial charge < -0.3 is 19.9 Å². The highest BCUT2D eigenvalue weighted by atomic mass is 16.5. The molecule has 1 saturated heterocycles. The summed E-state index contributed by atoms with van der Waals surface area (Å²) in [5.74, 6) is 1.16. The third kappa shape index (κ3) is 4.53. The number of nitrogens with zero attached hydrogens (tertiary/aromatic N) is 1. The molecule has 170 valence electrons. The first-order chi connectivity index (χ1) is 15.5. The van der Waals surface area contributed by atoms with Gasteiger partial charge >= 0.3 is 0 Å². The van der Waals surface area contributed by atoms with Crippen molar-refractivity contribution in [2.75, 3.05) is 13.7 Å². The molecule has 2 heterocycles. The molecule has 0 spiro atoms. The molecule has 3 aromatic rings. The maximum atomic E-state index is 13.3. The first-order valence-corrected chi connectivity index (χ1v) is 11.7. The van der Waals surface area contributed by atoms with E-state index in [1.165, 1.54) is 22.9 Å². The van der Waals surface area contributed by atoms with Gasteiger partial charge in [0.25, 0.3) is 0 Å². The van der Waals surface area contributed by atoms with Gasteiger partial charge in [0.15, 0.2) is 0 Å². The van der Waals surface area contributed by atoms with Crippen LogP contribution in [0.1, 0.15) is 57.1 Å². The Kier molecular flexibility index (Phi) is 6.85. The van der Waals surface area contributed by atoms with Crippen molar-refractivity contribution in [1.82, 2.24) is 15.2 Å². The molecule has 1 fully saturated rings. The number of benzene rings is 2. The minimum Gasteiger partial charge on any atom is -0.497 e. The number of carbonyl (C=O) groups is 1. The molecule has 32 heavy (non-hydrogen) atoms. The van der Waals surface area contributed by atoms with Crippen molar-refractivity contribution in [3.8, 4) is 5.75 Å². The molecule has 0 saturated carbocycles. The maximum Gasteiger partial charge on any atom is 0.239 e. The fourth-order valence-electron chi connectivity index (χ4n) is 5.09. The first-order valence-electron chi connectivity index (χ1n) is 11.7. The summed E-state index contributed by atoms with van der Waals surface area (Å²) in [6, 6.07) is 17.0. The number of fused-ring (bicyclic) bond motifs is 1. The van der Waals surface area contributed by atoms with Gasteiger partial charge in [0.1, 0.15) is 5.75 Å². The average Bonchev–Trinajstić information content (AvgIpc) is 3.23. The predicted octanol–water partition coefficient (Wildman–Crippen LogP) is 5.08. The van der Waals surface area contributed by atoms with Crippen molar-refractivity contribution in [2.24, 2.45) is 0 Å². The second-order valence-electron chi connectivity index (χ2n) is 9.12. The second-order valence-corrected chi connectivity index (χ2v) is 9.12. The largest absolute Gasteiger partial charge is 0.497 e. The van der Waals surface area contributed by atoms with Gasteiger partial charge in [-0.05, 0) is 69.4 Å². The number of para-hydroxylation sites is 1. The van der Waals surface area contributed by atoms with Gasteiger partial charge in [-0.15, -0.1) is 0 Å². The number of aromatic amines is 1. The van der Waals surface area contributed by atoms with Crippen LogP contribution in [0, 0.1) is 0 Å². The Morgan fingerprint density at radius 3 is 2.50 bits per heavy atom. The Morgan fingerprint density at radius 1 is 1.12 bits per heavy atom. The quantitative estimate of drug-likeness (QED) is 0.547. The SMILES string of the molecule is COc1ccc([C@H](CN[C@H](C)C(=O)N2[C@@H](C)CCC[C@@H]2C)c2c[nH]c3ccccc23)cc1. The Labute approximate surface area is 191 Å². The van der Waals surface area contributed by atoms with E-state index in [-0.39, 0.29) is 17.9 Å². The summed E-state index contributed by atoms with van der Waals surface area (Å²) in [5, 5.41) is 4.78. The number of H-pyrrole nitrogens is 1. The molecule has 0 aliphatic carbocycles. The molecule has 4 atom stereocenters. The van der Waals surface area contributed by atoms with Gasteiger partial charge in [0.2, 0.25) is 5.91 Å². The third-order valence-corrected chi connectivity index (χ3v) is 6.96. The summed E-state index contributed by atoms with van der Waals surface area (Å²) in [6.07, 6.45) is 5.48. The minimum atomic E-state index is -0.232. The van der Waals surface area contributed by atoms with Gasteiger partial charge in [0.05, 0.1) is 13.2 Å². The highest BCUT2D eigenvalue weighted by molar-refractivity contribution is 5.84. The molecule has 1 aromatic heterocycles. The number of likely N-dealkylation sites (tertiary alicyclic amines) is 1. The number of methoxy groups -OCH3 is 1. The zero-order valence-corrected chi connectivity index (χ0v) is 19.6. The molecule has 5 nitrogen and oxygen atoms in total. The van der Waals surface area contributed by atoms with Gasteiger partial charge in [-0.1, -0.05) is 30.3 Å². The van der Waals surface area contributed by atoms with Crippen molar-refractivity contribution in [1.29, 1.82) is 0 Å². The van der Waals surface area contributed by atoms with Crippen molar-refractivity contribution in [3.63, 3.8) is 0 Å². The van der Waals surface area contributed by atoms with Crippen molar-refractivity contribution in [3.05, 3.63) is 65.9 Å². The molecule has 2 aromatic carbocycles. The number of piperidine rings is 1. The lowest BCUT2D eigenvalue weighted by molar-refractivity contribution is -0.139. The van der Waals surface area contributed by atoms with Crippen LogP contribution in [0.2, 0.25) is 0 Å². The number of nitrogens with one attached hydrogen (secondary N) is 2. The predicted molar refractivity (Wildman–Crippen MR) is 130 cm³/mol. The van der Waals surface area contributed by atoms with E-state index in [4.69, 9.17) is 4.74 Å². The Balaban J connectivity index is 1.57. The van der Waals surface area contributed by atoms with Crippen molar-refractivity contribution < 1.29 is 9.53 Å². The summed E-state index contributed by atoms with van der Waals surface area (Å²) >= 11 is 0. The highest BCUT2D eigenvalue weighted by Gasteiger charge is 2.32. The van der Waals surface area contributed by atoms with Gasteiger partial charge in [-0.3, -0.25) is 4.79 Å². The van der Waals surface area contributed by atoms with Crippen LogP contribution in [0.5, 0.6) is 5.75 Å². The Hall–Kier alpha value is -2.79. The second kappa shape index (κ2) is 9.78. The van der Waals surface area contributed by atoms with E-state index in [9.17, 15) is 4.79 Å². The summed E-state index contributed by atoms with van der Waals surface area (Å²) in [7, 11) is 1.68. The molecular weight excluding hydrogens is 398 g/mol. The Morgan fingerprint density at radius 2 is 1.81 bits per heavy atom. The summed E-state index contributed by atoms with van der Waals surface area (Å²) in [5.41, 5.74) is 3.56. The maximum absolute atomic E-state index is 13.3. The van der Waals surface area contributed by atoms with Crippen LogP contribution in [0.25, 0.3) is 10.9 Å². The molecule has 5 heteroatoms. The number of rotatable bonds is 7. The molecule has 1 aliphatic heterocycles. The van der Waals surface area contributed by atoms with Crippen LogP contribution in [0.3, 0.4) is 0 Å². The van der Waals surface area contributed by atoms with E-state index in [0.717, 1.165) is 24.1 Å². The first kappa shape index (κ1) is 22.4. The molecule has 0 unspecified atom stereocenters. The fraction of sp³-hybridized carbons (Fsp3) is 0.444. The molecule has 0 bridgehead atoms. The zero-order chi connectivity index (χ0) is 22.7. The lowest BCUT2D eigenvalue weighted by Gasteiger charge is -2.40. The summed E-state index contributed by atoms with van der Waals surface area (Å²) in [4.78, 5) is 18.8. The summed E-state index contributed by atoms with van der Waals surface area (Å²) < 4.78 is 5.35. The van der Waals surface area contributed by atoms with Crippen LogP contribution in [0.4, 0.5) is 0 Å². The molecule has 1 aliphatic rings. The van der Waals surface area contributed by atoms with Gasteiger partial charge in [0, 0.05) is 41.6 Å². The number of ether oxygens (including phenoxy) is 1. The number of carbonyl (C=O) groups excluding carboxylic acids is 1. The lowest BCUT2D eigenvalue weighted by Crippen LogP contribution is -2.54. The minimum absolute atomic E-state index is 0.114. The molecule has 4 rings (SSSR count). The van der Waals surface area contributed by atoms with Crippen LogP contribution in [-0.2, 0) is 4.79 Å². The van der Waals surface area contributed by atoms with Crippen molar-refractivity contribution in [2.45, 2.75) is 64.1 Å². The standard InChI is InChI=1S/C27H35N3O2/c1-18-8-7-9-19(2)30(18)27(31)20(3)28-16-24(21-12-14-22(32-4)15-13-21)25-17-29-26-11-6-5-10-23(25)26/h5-6,10-15,17-20,24,28-29H,7-9,16H2,1-4H3/t18-,19-,20+,24-/m0/s1. The fourth-order valence-corrected chi connectivity index (χ4v) is 5.09. The van der Waals surface area contributed by atoms with Crippen LogP contribution < -0.4 is 10.1 Å². The smallest absolute Gasteiger partial charge is 0.239 e. The normalized spacial score (nSPS) is 20.8. The van der Waals surface area contributed by atoms with Gasteiger partial charge in [-0.2, -0.15) is 0 Å². The third-order valence-electron chi connectivity index (χ3n) is 6.96. The van der Waals surface area contributed by atoms with E-state index < -0.39 is 0 Å². The molecule has 2 N–H and O–H groups in total. The summed E-state index contributed by atoms with van der Waals surface area (Å²) in [6.45, 7) is 7.02. The van der Waals surface area contributed by atoms with E-state index >= 15 is 0 Å². The van der Waals surface area contributed by atoms with Crippen LogP contribution in [-0.4, -0.2) is 47.6 Å². The number of amides is 1. The monoisotopic (exact) mass is 433 g/mol. The van der Waals surface area contributed by atoms with Crippen LogP contribution in [0.15, 0.2) is 54.7 Å². The topological polar surface area (TPSA) is 57.4 Å². The lowest BCUT2D eigenvalue weighted by atomic mass is 9.90. The number of hydrogen-bond donors (Lipinski definition) is 2. The number of aromatic nitrogens is 1. The average molecular weight is 434 g/mol.